The Hall–Kier alpha value is -1.02. The number of carbonyl (C=O) groups is 1. The Morgan fingerprint density at radius 2 is 1.69 bits per heavy atom. The summed E-state index contributed by atoms with van der Waals surface area (Å²) in [6.07, 6.45) is -2.37. The van der Waals surface area contributed by atoms with Gasteiger partial charge in [0.1, 0.15) is 0 Å². The van der Waals surface area contributed by atoms with Crippen LogP contribution in [0.2, 0.25) is 0 Å². The van der Waals surface area contributed by atoms with Gasteiger partial charge in [-0.1, -0.05) is 12.1 Å². The summed E-state index contributed by atoms with van der Waals surface area (Å²) in [5.41, 5.74) is 0.0833. The van der Waals surface area contributed by atoms with Gasteiger partial charge in [0.15, 0.2) is 0 Å². The third-order valence-electron chi connectivity index (χ3n) is 4.51. The number of amides is 1. The summed E-state index contributed by atoms with van der Waals surface area (Å²) in [6, 6.07) is 5.34. The zero-order valence-electron chi connectivity index (χ0n) is 14.3. The van der Waals surface area contributed by atoms with Crippen LogP contribution in [0.1, 0.15) is 24.0 Å². The highest BCUT2D eigenvalue weighted by Gasteiger charge is 2.34. The number of carbonyl (C=O) groups excluding carboxylic acids is 1. The number of piperazine rings is 1. The van der Waals surface area contributed by atoms with Gasteiger partial charge in [0.2, 0.25) is 5.91 Å². The number of halogens is 5. The van der Waals surface area contributed by atoms with Gasteiger partial charge in [0, 0.05) is 38.8 Å². The molecule has 0 bridgehead atoms. The molecule has 26 heavy (non-hydrogen) atoms. The zero-order valence-corrected chi connectivity index (χ0v) is 15.9. The van der Waals surface area contributed by atoms with Crippen molar-refractivity contribution in [1.29, 1.82) is 0 Å². The molecule has 1 saturated heterocycles. The minimum Gasteiger partial charge on any atom is -0.334 e. The van der Waals surface area contributed by atoms with Gasteiger partial charge in [-0.25, -0.2) is 0 Å². The molecule has 0 aromatic heterocycles. The van der Waals surface area contributed by atoms with Crippen LogP contribution in [0, 0.1) is 0 Å². The molecule has 1 heterocycles. The highest BCUT2D eigenvalue weighted by molar-refractivity contribution is 5.85. The molecule has 0 unspecified atom stereocenters. The monoisotopic (exact) mass is 413 g/mol. The average molecular weight is 414 g/mol. The summed E-state index contributed by atoms with van der Waals surface area (Å²) in [6.45, 7) is 4.24. The lowest BCUT2D eigenvalue weighted by atomic mass is 10.1. The minimum atomic E-state index is -4.33. The normalized spacial score (nSPS) is 17.8. The van der Waals surface area contributed by atoms with Crippen molar-refractivity contribution in [3.05, 3.63) is 35.4 Å². The highest BCUT2D eigenvalue weighted by atomic mass is 35.5. The van der Waals surface area contributed by atoms with Crippen LogP contribution in [0.4, 0.5) is 13.2 Å². The Morgan fingerprint density at radius 1 is 1.12 bits per heavy atom. The fraction of sp³-hybridized carbons (Fsp3) is 0.588. The molecule has 1 aromatic carbocycles. The SMILES string of the molecule is Cl.Cl.O=C(CN1CCNCC1)N(Cc1ccc(C(F)(F)F)cc1)C1CC1. The van der Waals surface area contributed by atoms with Crippen LogP contribution in [0.5, 0.6) is 0 Å². The predicted molar refractivity (Wildman–Crippen MR) is 98.8 cm³/mol. The first-order chi connectivity index (χ1) is 11.4. The van der Waals surface area contributed by atoms with E-state index >= 15 is 0 Å². The fourth-order valence-corrected chi connectivity index (χ4v) is 2.95. The number of benzene rings is 1. The van der Waals surface area contributed by atoms with E-state index in [4.69, 9.17) is 0 Å². The Balaban J connectivity index is 0.00000169. The Labute approximate surface area is 163 Å². The van der Waals surface area contributed by atoms with Crippen LogP contribution in [-0.2, 0) is 17.5 Å². The van der Waals surface area contributed by atoms with Gasteiger partial charge in [-0.05, 0) is 30.5 Å². The first kappa shape index (κ1) is 23.0. The summed E-state index contributed by atoms with van der Waals surface area (Å²) >= 11 is 0. The molecule has 1 aliphatic carbocycles. The third kappa shape index (κ3) is 6.30. The van der Waals surface area contributed by atoms with Crippen LogP contribution in [0.15, 0.2) is 24.3 Å². The van der Waals surface area contributed by atoms with Crippen LogP contribution in [-0.4, -0.2) is 54.5 Å². The molecule has 2 aliphatic rings. The van der Waals surface area contributed by atoms with Crippen molar-refractivity contribution in [2.45, 2.75) is 31.6 Å². The molecule has 1 aliphatic heterocycles. The third-order valence-corrected chi connectivity index (χ3v) is 4.51. The van der Waals surface area contributed by atoms with E-state index in [-0.39, 0.29) is 36.8 Å². The molecule has 9 heteroatoms. The number of hydrogen-bond acceptors (Lipinski definition) is 3. The number of hydrogen-bond donors (Lipinski definition) is 1. The minimum absolute atomic E-state index is 0. The highest BCUT2D eigenvalue weighted by Crippen LogP contribution is 2.31. The maximum Gasteiger partial charge on any atom is 0.416 e. The van der Waals surface area contributed by atoms with Crippen molar-refractivity contribution >= 4 is 30.7 Å². The van der Waals surface area contributed by atoms with Gasteiger partial charge in [-0.3, -0.25) is 9.69 Å². The largest absolute Gasteiger partial charge is 0.416 e. The molecule has 3 rings (SSSR count). The smallest absolute Gasteiger partial charge is 0.334 e. The quantitative estimate of drug-likeness (QED) is 0.805. The molecule has 1 saturated carbocycles. The second kappa shape index (κ2) is 9.78. The number of alkyl halides is 3. The fourth-order valence-electron chi connectivity index (χ4n) is 2.95. The van der Waals surface area contributed by atoms with Crippen molar-refractivity contribution < 1.29 is 18.0 Å². The lowest BCUT2D eigenvalue weighted by Crippen LogP contribution is -2.48. The molecule has 0 atom stereocenters. The maximum absolute atomic E-state index is 12.6. The van der Waals surface area contributed by atoms with Gasteiger partial charge < -0.3 is 10.2 Å². The van der Waals surface area contributed by atoms with E-state index in [0.29, 0.717) is 13.1 Å². The molecule has 0 radical (unpaired) electrons. The van der Waals surface area contributed by atoms with Crippen molar-refractivity contribution in [3.63, 3.8) is 0 Å². The van der Waals surface area contributed by atoms with E-state index < -0.39 is 11.7 Å². The van der Waals surface area contributed by atoms with Crippen LogP contribution >= 0.6 is 24.8 Å². The van der Waals surface area contributed by atoms with E-state index in [0.717, 1.165) is 56.7 Å². The van der Waals surface area contributed by atoms with E-state index in [1.165, 1.54) is 12.1 Å². The van der Waals surface area contributed by atoms with E-state index in [1.807, 2.05) is 4.90 Å². The van der Waals surface area contributed by atoms with Gasteiger partial charge in [-0.15, -0.1) is 24.8 Å². The Morgan fingerprint density at radius 3 is 2.19 bits per heavy atom. The Kier molecular flexibility index (Phi) is 8.66. The van der Waals surface area contributed by atoms with Crippen molar-refractivity contribution in [2.24, 2.45) is 0 Å². The van der Waals surface area contributed by atoms with Gasteiger partial charge in [-0.2, -0.15) is 13.2 Å². The molecule has 1 aromatic rings. The van der Waals surface area contributed by atoms with E-state index in [1.54, 1.807) is 0 Å². The van der Waals surface area contributed by atoms with Crippen LogP contribution < -0.4 is 5.32 Å². The van der Waals surface area contributed by atoms with Crippen LogP contribution in [0.25, 0.3) is 0 Å². The summed E-state index contributed by atoms with van der Waals surface area (Å²) in [5, 5.41) is 3.25. The van der Waals surface area contributed by atoms with Gasteiger partial charge in [0.25, 0.3) is 0 Å². The van der Waals surface area contributed by atoms with Crippen molar-refractivity contribution in [2.75, 3.05) is 32.7 Å². The Bertz CT molecular complexity index is 574. The average Bonchev–Trinajstić information content (AvgIpc) is 3.38. The number of nitrogens with zero attached hydrogens (tertiary/aromatic N) is 2. The first-order valence-electron chi connectivity index (χ1n) is 8.32. The number of nitrogens with one attached hydrogen (secondary N) is 1. The number of rotatable bonds is 5. The van der Waals surface area contributed by atoms with Gasteiger partial charge in [0.05, 0.1) is 12.1 Å². The van der Waals surface area contributed by atoms with Crippen LogP contribution in [0.3, 0.4) is 0 Å². The van der Waals surface area contributed by atoms with Crippen molar-refractivity contribution in [1.82, 2.24) is 15.1 Å². The predicted octanol–water partition coefficient (Wildman–Crippen LogP) is 2.95. The molecule has 2 fully saturated rings. The molecule has 0 spiro atoms. The molecule has 4 nitrogen and oxygen atoms in total. The first-order valence-corrected chi connectivity index (χ1v) is 8.32. The van der Waals surface area contributed by atoms with Crippen molar-refractivity contribution in [3.8, 4) is 0 Å². The summed E-state index contributed by atoms with van der Waals surface area (Å²) in [7, 11) is 0. The molecule has 1 N–H and O–H groups in total. The molecular weight excluding hydrogens is 390 g/mol. The molecule has 148 valence electrons. The molecule has 1 amide bonds. The van der Waals surface area contributed by atoms with Gasteiger partial charge >= 0.3 is 6.18 Å². The standard InChI is InChI=1S/C17H22F3N3O.2ClH/c18-17(19,20)14-3-1-13(2-4-14)11-23(15-5-6-15)16(24)12-22-9-7-21-8-10-22;;/h1-4,15,21H,5-12H2;2*1H. The van der Waals surface area contributed by atoms with E-state index in [2.05, 4.69) is 10.2 Å². The lowest BCUT2D eigenvalue weighted by molar-refractivity contribution is -0.137. The van der Waals surface area contributed by atoms with E-state index in [9.17, 15) is 18.0 Å². The zero-order chi connectivity index (χ0) is 17.2. The maximum atomic E-state index is 12.6. The second-order valence-electron chi connectivity index (χ2n) is 6.47. The second-order valence-corrected chi connectivity index (χ2v) is 6.47. The summed E-state index contributed by atoms with van der Waals surface area (Å²) < 4.78 is 37.9. The molecular formula is C17H24Cl2F3N3O. The topological polar surface area (TPSA) is 35.6 Å². The lowest BCUT2D eigenvalue weighted by Gasteiger charge is -2.30. The summed E-state index contributed by atoms with van der Waals surface area (Å²) in [5.74, 6) is 0.0688. The summed E-state index contributed by atoms with van der Waals surface area (Å²) in [4.78, 5) is 16.6.